The van der Waals surface area contributed by atoms with Gasteiger partial charge in [-0.2, -0.15) is 0 Å². The van der Waals surface area contributed by atoms with Crippen LogP contribution < -0.4 is 5.32 Å². The zero-order valence-corrected chi connectivity index (χ0v) is 16.3. The van der Waals surface area contributed by atoms with Crippen molar-refractivity contribution in [2.45, 2.75) is 13.0 Å². The van der Waals surface area contributed by atoms with Crippen LogP contribution in [-0.4, -0.2) is 11.1 Å². The molecule has 5 nitrogen and oxygen atoms in total. The average molecular weight is 415 g/mol. The van der Waals surface area contributed by atoms with E-state index in [9.17, 15) is 9.70 Å². The third-order valence-corrected chi connectivity index (χ3v) is 5.01. The molecular formula is C21H16Cl2N2O3. The highest BCUT2D eigenvalue weighted by atomic mass is 35.5. The molecule has 0 aromatic heterocycles. The van der Waals surface area contributed by atoms with Gasteiger partial charge < -0.3 is 10.4 Å². The summed E-state index contributed by atoms with van der Waals surface area (Å²) in [7, 11) is 0. The zero-order valence-electron chi connectivity index (χ0n) is 14.8. The summed E-state index contributed by atoms with van der Waals surface area (Å²) >= 11 is 12.4. The number of rotatable bonds is 6. The second-order valence-corrected chi connectivity index (χ2v) is 7.04. The van der Waals surface area contributed by atoms with Gasteiger partial charge in [0, 0.05) is 22.0 Å². The molecular weight excluding hydrogens is 399 g/mol. The first-order valence-electron chi connectivity index (χ1n) is 8.38. The van der Waals surface area contributed by atoms with Crippen molar-refractivity contribution in [1.82, 2.24) is 0 Å². The summed E-state index contributed by atoms with van der Waals surface area (Å²) in [6.07, 6.45) is 0. The molecule has 2 N–H and O–H groups in total. The fourth-order valence-corrected chi connectivity index (χ4v) is 3.48. The predicted molar refractivity (Wildman–Crippen MR) is 112 cm³/mol. The second-order valence-electron chi connectivity index (χ2n) is 6.23. The molecule has 142 valence electrons. The van der Waals surface area contributed by atoms with Gasteiger partial charge in [-0.1, -0.05) is 58.7 Å². The second kappa shape index (κ2) is 8.42. The van der Waals surface area contributed by atoms with Gasteiger partial charge in [0.25, 0.3) is 0 Å². The minimum Gasteiger partial charge on any atom is -0.478 e. The van der Waals surface area contributed by atoms with E-state index in [1.54, 1.807) is 24.3 Å². The van der Waals surface area contributed by atoms with Crippen LogP contribution in [0.2, 0.25) is 10.0 Å². The number of nitrogens with zero attached hydrogens (tertiary/aromatic N) is 1. The quantitative estimate of drug-likeness (QED) is 0.445. The van der Waals surface area contributed by atoms with Crippen LogP contribution in [0.25, 0.3) is 0 Å². The zero-order chi connectivity index (χ0) is 20.3. The van der Waals surface area contributed by atoms with Gasteiger partial charge in [0.1, 0.15) is 6.04 Å². The molecule has 0 radical (unpaired) electrons. The first-order chi connectivity index (χ1) is 13.4. The highest BCUT2D eigenvalue weighted by Gasteiger charge is 2.20. The lowest BCUT2D eigenvalue weighted by Crippen LogP contribution is -2.02. The maximum atomic E-state index is 11.5. The number of nitroso groups, excluding NO2 is 1. The first kappa shape index (κ1) is 19.9. The molecule has 0 bridgehead atoms. The molecule has 0 heterocycles. The monoisotopic (exact) mass is 414 g/mol. The fraction of sp³-hybridized carbons (Fsp3) is 0.0952. The van der Waals surface area contributed by atoms with E-state index in [1.165, 1.54) is 12.1 Å². The third kappa shape index (κ3) is 4.16. The number of carboxylic acid groups (broad SMARTS) is 1. The van der Waals surface area contributed by atoms with Crippen molar-refractivity contribution in [2.24, 2.45) is 5.18 Å². The van der Waals surface area contributed by atoms with Crippen LogP contribution in [0, 0.1) is 11.8 Å². The van der Waals surface area contributed by atoms with E-state index in [0.29, 0.717) is 22.0 Å². The maximum Gasteiger partial charge on any atom is 0.337 e. The summed E-state index contributed by atoms with van der Waals surface area (Å²) in [6, 6.07) is 16.6. The summed E-state index contributed by atoms with van der Waals surface area (Å²) < 4.78 is 0. The van der Waals surface area contributed by atoms with E-state index in [-0.39, 0.29) is 10.6 Å². The van der Waals surface area contributed by atoms with Gasteiger partial charge in [-0.25, -0.2) is 4.79 Å². The Morgan fingerprint density at radius 1 is 0.964 bits per heavy atom. The number of anilines is 2. The summed E-state index contributed by atoms with van der Waals surface area (Å²) in [5, 5.41) is 16.0. The topological polar surface area (TPSA) is 78.8 Å². The number of halogens is 2. The normalized spacial score (nSPS) is 11.7. The molecule has 0 saturated carbocycles. The Bertz CT molecular complexity index is 1050. The van der Waals surface area contributed by atoms with Crippen molar-refractivity contribution in [3.8, 4) is 0 Å². The molecule has 28 heavy (non-hydrogen) atoms. The van der Waals surface area contributed by atoms with Crippen molar-refractivity contribution in [1.29, 1.82) is 0 Å². The Hall–Kier alpha value is -2.89. The molecule has 0 amide bonds. The van der Waals surface area contributed by atoms with Crippen LogP contribution in [0.15, 0.2) is 65.8 Å². The number of nitrogens with one attached hydrogen (secondary N) is 1. The highest BCUT2D eigenvalue weighted by molar-refractivity contribution is 6.33. The molecule has 3 rings (SSSR count). The van der Waals surface area contributed by atoms with Crippen molar-refractivity contribution in [3.63, 3.8) is 0 Å². The number of hydrogen-bond acceptors (Lipinski definition) is 4. The minimum atomic E-state index is -1.09. The van der Waals surface area contributed by atoms with E-state index in [1.807, 2.05) is 31.2 Å². The number of aromatic carboxylic acids is 1. The van der Waals surface area contributed by atoms with Crippen LogP contribution >= 0.6 is 23.2 Å². The number of hydrogen-bond donors (Lipinski definition) is 2. The van der Waals surface area contributed by atoms with E-state index in [4.69, 9.17) is 28.3 Å². The van der Waals surface area contributed by atoms with Crippen molar-refractivity contribution < 1.29 is 9.90 Å². The van der Waals surface area contributed by atoms with E-state index in [2.05, 4.69) is 10.5 Å². The minimum absolute atomic E-state index is 0.0266. The molecule has 0 fully saturated rings. The fourth-order valence-electron chi connectivity index (χ4n) is 2.93. The lowest BCUT2D eigenvalue weighted by atomic mass is 9.95. The molecule has 0 spiro atoms. The summed E-state index contributed by atoms with van der Waals surface area (Å²) in [5.74, 6) is -1.09. The molecule has 0 aliphatic carbocycles. The van der Waals surface area contributed by atoms with Gasteiger partial charge in [0.05, 0.1) is 10.6 Å². The Morgan fingerprint density at radius 3 is 2.18 bits per heavy atom. The number of aryl methyl sites for hydroxylation is 1. The first-order valence-corrected chi connectivity index (χ1v) is 9.13. The summed E-state index contributed by atoms with van der Waals surface area (Å²) in [6.45, 7) is 1.92. The Morgan fingerprint density at radius 2 is 1.61 bits per heavy atom. The van der Waals surface area contributed by atoms with Gasteiger partial charge >= 0.3 is 5.97 Å². The van der Waals surface area contributed by atoms with E-state index < -0.39 is 12.0 Å². The Labute approximate surface area is 171 Å². The number of carboxylic acids is 1. The SMILES string of the molecule is Cc1ccccc1C(N=O)c1ccc(Nc2ccc(C(=O)O)c(Cl)c2)cc1Cl. The van der Waals surface area contributed by atoms with Gasteiger partial charge in [-0.3, -0.25) is 0 Å². The van der Waals surface area contributed by atoms with Crippen LogP contribution in [0.3, 0.4) is 0 Å². The molecule has 3 aromatic rings. The van der Waals surface area contributed by atoms with Gasteiger partial charge in [-0.05, 0) is 48.4 Å². The molecule has 0 aliphatic heterocycles. The highest BCUT2D eigenvalue weighted by Crippen LogP contribution is 2.35. The van der Waals surface area contributed by atoms with E-state index in [0.717, 1.165) is 11.1 Å². The molecule has 1 atom stereocenters. The van der Waals surface area contributed by atoms with E-state index >= 15 is 0 Å². The van der Waals surface area contributed by atoms with Crippen molar-refractivity contribution >= 4 is 40.5 Å². The lowest BCUT2D eigenvalue weighted by molar-refractivity contribution is 0.0697. The summed E-state index contributed by atoms with van der Waals surface area (Å²) in [5.41, 5.74) is 3.68. The van der Waals surface area contributed by atoms with Gasteiger partial charge in [0.2, 0.25) is 0 Å². The largest absolute Gasteiger partial charge is 0.478 e. The molecule has 1 unspecified atom stereocenters. The molecule has 0 saturated heterocycles. The molecule has 0 aliphatic rings. The standard InChI is InChI=1S/C21H16Cl2N2O3/c1-12-4-2-3-5-15(12)20(25-28)16-8-6-13(10-18(16)22)24-14-7-9-17(21(26)27)19(23)11-14/h2-11,20,24H,1H3,(H,26,27). The summed E-state index contributed by atoms with van der Waals surface area (Å²) in [4.78, 5) is 22.6. The average Bonchev–Trinajstić information content (AvgIpc) is 2.65. The molecule has 3 aromatic carbocycles. The smallest absolute Gasteiger partial charge is 0.337 e. The van der Waals surface area contributed by atoms with Crippen LogP contribution in [0.5, 0.6) is 0 Å². The Kier molecular flexibility index (Phi) is 5.97. The lowest BCUT2D eigenvalue weighted by Gasteiger charge is -2.16. The Balaban J connectivity index is 1.88. The number of carbonyl (C=O) groups is 1. The van der Waals surface area contributed by atoms with Crippen LogP contribution in [0.1, 0.15) is 33.1 Å². The van der Waals surface area contributed by atoms with Gasteiger partial charge in [-0.15, -0.1) is 4.91 Å². The van der Waals surface area contributed by atoms with Crippen molar-refractivity contribution in [2.75, 3.05) is 5.32 Å². The molecule has 7 heteroatoms. The number of benzene rings is 3. The van der Waals surface area contributed by atoms with Gasteiger partial charge in [0.15, 0.2) is 0 Å². The predicted octanol–water partition coefficient (Wildman–Crippen LogP) is 6.60. The maximum absolute atomic E-state index is 11.5. The van der Waals surface area contributed by atoms with Crippen LogP contribution in [0.4, 0.5) is 11.4 Å². The van der Waals surface area contributed by atoms with Crippen LogP contribution in [-0.2, 0) is 0 Å². The van der Waals surface area contributed by atoms with Crippen molar-refractivity contribution in [3.05, 3.63) is 97.9 Å². The third-order valence-electron chi connectivity index (χ3n) is 4.37.